The Hall–Kier alpha value is -0.900. The minimum atomic E-state index is -0.0120. The van der Waals surface area contributed by atoms with Crippen LogP contribution in [0.5, 0.6) is 0 Å². The number of carbonyl (C=O) groups excluding carboxylic acids is 1. The largest absolute Gasteiger partial charge is 0.352 e. The fraction of sp³-hybridized carbons (Fsp3) is 0.571. The quantitative estimate of drug-likeness (QED) is 0.869. The van der Waals surface area contributed by atoms with E-state index in [1.807, 2.05) is 0 Å². The molecular formula is C14H19BrN2O. The number of rotatable bonds is 4. The summed E-state index contributed by atoms with van der Waals surface area (Å²) in [6, 6.07) is 3.59. The molecule has 1 amide bonds. The molecule has 1 fully saturated rings. The standard InChI is InChI=1S/C14H19BrN2O/c15-8-11-4-1-2-5-12(11)10-17-14(18)13-6-3-7-16-9-13/h3,6-7,9,11-12H,1-2,4-5,8,10H2,(H,17,18). The van der Waals surface area contributed by atoms with Crippen LogP contribution in [-0.2, 0) is 0 Å². The number of aromatic nitrogens is 1. The van der Waals surface area contributed by atoms with Crippen LogP contribution in [0.4, 0.5) is 0 Å². The Labute approximate surface area is 117 Å². The summed E-state index contributed by atoms with van der Waals surface area (Å²) in [5.41, 5.74) is 0.642. The first-order valence-corrected chi connectivity index (χ1v) is 7.67. The lowest BCUT2D eigenvalue weighted by Crippen LogP contribution is -2.34. The Bertz CT molecular complexity index is 383. The third-order valence-electron chi connectivity index (χ3n) is 3.71. The van der Waals surface area contributed by atoms with Crippen molar-refractivity contribution in [2.75, 3.05) is 11.9 Å². The van der Waals surface area contributed by atoms with E-state index in [9.17, 15) is 4.79 Å². The molecule has 2 atom stereocenters. The highest BCUT2D eigenvalue weighted by Crippen LogP contribution is 2.30. The van der Waals surface area contributed by atoms with E-state index in [1.54, 1.807) is 24.5 Å². The Morgan fingerprint density at radius 3 is 2.83 bits per heavy atom. The first-order valence-electron chi connectivity index (χ1n) is 6.55. The second-order valence-electron chi connectivity index (χ2n) is 4.91. The van der Waals surface area contributed by atoms with E-state index in [4.69, 9.17) is 0 Å². The molecule has 0 aliphatic heterocycles. The molecule has 0 bridgehead atoms. The molecule has 0 radical (unpaired) electrons. The molecule has 1 aromatic heterocycles. The molecule has 4 heteroatoms. The van der Waals surface area contributed by atoms with Gasteiger partial charge in [-0.15, -0.1) is 0 Å². The number of pyridine rings is 1. The molecular weight excluding hydrogens is 292 g/mol. The van der Waals surface area contributed by atoms with Gasteiger partial charge in [0.05, 0.1) is 5.56 Å². The maximum absolute atomic E-state index is 11.9. The molecule has 1 aromatic rings. The van der Waals surface area contributed by atoms with E-state index in [1.165, 1.54) is 25.7 Å². The summed E-state index contributed by atoms with van der Waals surface area (Å²) in [7, 11) is 0. The Morgan fingerprint density at radius 2 is 2.17 bits per heavy atom. The molecule has 1 heterocycles. The molecule has 98 valence electrons. The van der Waals surface area contributed by atoms with Crippen molar-refractivity contribution in [3.63, 3.8) is 0 Å². The summed E-state index contributed by atoms with van der Waals surface area (Å²) >= 11 is 3.58. The van der Waals surface area contributed by atoms with Crippen LogP contribution in [0.3, 0.4) is 0 Å². The highest BCUT2D eigenvalue weighted by atomic mass is 79.9. The van der Waals surface area contributed by atoms with Gasteiger partial charge in [0.1, 0.15) is 0 Å². The molecule has 1 aliphatic carbocycles. The highest BCUT2D eigenvalue weighted by molar-refractivity contribution is 9.09. The molecule has 0 saturated heterocycles. The molecule has 2 rings (SSSR count). The third-order valence-corrected chi connectivity index (χ3v) is 4.54. The zero-order valence-electron chi connectivity index (χ0n) is 10.4. The van der Waals surface area contributed by atoms with Crippen molar-refractivity contribution >= 4 is 21.8 Å². The average Bonchev–Trinajstić information content (AvgIpc) is 2.46. The maximum Gasteiger partial charge on any atom is 0.252 e. The topological polar surface area (TPSA) is 42.0 Å². The van der Waals surface area contributed by atoms with Gasteiger partial charge in [-0.3, -0.25) is 9.78 Å². The van der Waals surface area contributed by atoms with E-state index in [-0.39, 0.29) is 5.91 Å². The minimum absolute atomic E-state index is 0.0120. The lowest BCUT2D eigenvalue weighted by Gasteiger charge is -2.30. The second kappa shape index (κ2) is 6.88. The van der Waals surface area contributed by atoms with Gasteiger partial charge in [-0.1, -0.05) is 28.8 Å². The zero-order valence-corrected chi connectivity index (χ0v) is 12.0. The maximum atomic E-state index is 11.9. The van der Waals surface area contributed by atoms with Gasteiger partial charge in [-0.2, -0.15) is 0 Å². The fourth-order valence-corrected chi connectivity index (χ4v) is 3.43. The molecule has 2 unspecified atom stereocenters. The van der Waals surface area contributed by atoms with Crippen molar-refractivity contribution in [3.8, 4) is 0 Å². The molecule has 1 aliphatic rings. The van der Waals surface area contributed by atoms with Gasteiger partial charge in [0.25, 0.3) is 5.91 Å². The molecule has 0 aromatic carbocycles. The van der Waals surface area contributed by atoms with Gasteiger partial charge >= 0.3 is 0 Å². The van der Waals surface area contributed by atoms with E-state index in [0.717, 1.165) is 11.9 Å². The number of amides is 1. The second-order valence-corrected chi connectivity index (χ2v) is 5.56. The summed E-state index contributed by atoms with van der Waals surface area (Å²) in [6.07, 6.45) is 8.40. The summed E-state index contributed by atoms with van der Waals surface area (Å²) in [6.45, 7) is 0.782. The highest BCUT2D eigenvalue weighted by Gasteiger charge is 2.24. The van der Waals surface area contributed by atoms with Gasteiger partial charge < -0.3 is 5.32 Å². The number of hydrogen-bond donors (Lipinski definition) is 1. The van der Waals surface area contributed by atoms with Crippen LogP contribution < -0.4 is 5.32 Å². The Morgan fingerprint density at radius 1 is 1.39 bits per heavy atom. The molecule has 0 spiro atoms. The van der Waals surface area contributed by atoms with Crippen LogP contribution in [0.25, 0.3) is 0 Å². The van der Waals surface area contributed by atoms with Crippen LogP contribution in [-0.4, -0.2) is 22.8 Å². The number of hydrogen-bond acceptors (Lipinski definition) is 2. The molecule has 3 nitrogen and oxygen atoms in total. The van der Waals surface area contributed by atoms with Crippen LogP contribution in [0.1, 0.15) is 36.0 Å². The smallest absolute Gasteiger partial charge is 0.252 e. The van der Waals surface area contributed by atoms with E-state index in [2.05, 4.69) is 26.2 Å². The number of halogens is 1. The van der Waals surface area contributed by atoms with Gasteiger partial charge in [0, 0.05) is 24.3 Å². The van der Waals surface area contributed by atoms with Crippen LogP contribution in [0, 0.1) is 11.8 Å². The Balaban J connectivity index is 1.85. The van der Waals surface area contributed by atoms with Crippen LogP contribution in [0.2, 0.25) is 0 Å². The van der Waals surface area contributed by atoms with Gasteiger partial charge in [0.15, 0.2) is 0 Å². The van der Waals surface area contributed by atoms with Crippen molar-refractivity contribution in [1.29, 1.82) is 0 Å². The lowest BCUT2D eigenvalue weighted by atomic mass is 9.80. The summed E-state index contributed by atoms with van der Waals surface area (Å²) in [5.74, 6) is 1.30. The summed E-state index contributed by atoms with van der Waals surface area (Å²) in [4.78, 5) is 15.9. The normalized spacial score (nSPS) is 23.6. The van der Waals surface area contributed by atoms with Crippen molar-refractivity contribution < 1.29 is 4.79 Å². The fourth-order valence-electron chi connectivity index (χ4n) is 2.58. The van der Waals surface area contributed by atoms with E-state index >= 15 is 0 Å². The van der Waals surface area contributed by atoms with Crippen molar-refractivity contribution in [2.24, 2.45) is 11.8 Å². The lowest BCUT2D eigenvalue weighted by molar-refractivity contribution is 0.0936. The van der Waals surface area contributed by atoms with Crippen molar-refractivity contribution in [1.82, 2.24) is 10.3 Å². The zero-order chi connectivity index (χ0) is 12.8. The third kappa shape index (κ3) is 3.55. The minimum Gasteiger partial charge on any atom is -0.352 e. The number of nitrogens with zero attached hydrogens (tertiary/aromatic N) is 1. The van der Waals surface area contributed by atoms with Gasteiger partial charge in [0.2, 0.25) is 0 Å². The molecule has 18 heavy (non-hydrogen) atoms. The van der Waals surface area contributed by atoms with Crippen molar-refractivity contribution in [2.45, 2.75) is 25.7 Å². The first-order chi connectivity index (χ1) is 8.81. The number of nitrogens with one attached hydrogen (secondary N) is 1. The predicted octanol–water partition coefficient (Wildman–Crippen LogP) is 3.01. The number of carbonyl (C=O) groups is 1. The van der Waals surface area contributed by atoms with Crippen LogP contribution in [0.15, 0.2) is 24.5 Å². The van der Waals surface area contributed by atoms with Crippen LogP contribution >= 0.6 is 15.9 Å². The SMILES string of the molecule is O=C(NCC1CCCCC1CBr)c1cccnc1. The summed E-state index contributed by atoms with van der Waals surface area (Å²) in [5, 5.41) is 4.08. The van der Waals surface area contributed by atoms with E-state index in [0.29, 0.717) is 17.4 Å². The average molecular weight is 311 g/mol. The van der Waals surface area contributed by atoms with E-state index < -0.39 is 0 Å². The number of alkyl halides is 1. The summed E-state index contributed by atoms with van der Waals surface area (Å²) < 4.78 is 0. The van der Waals surface area contributed by atoms with Gasteiger partial charge in [-0.25, -0.2) is 0 Å². The first kappa shape index (κ1) is 13.5. The Kier molecular flexibility index (Phi) is 5.17. The predicted molar refractivity (Wildman–Crippen MR) is 75.8 cm³/mol. The molecule has 1 N–H and O–H groups in total. The van der Waals surface area contributed by atoms with Gasteiger partial charge in [-0.05, 0) is 36.8 Å². The monoisotopic (exact) mass is 310 g/mol. The molecule has 1 saturated carbocycles. The van der Waals surface area contributed by atoms with Crippen molar-refractivity contribution in [3.05, 3.63) is 30.1 Å².